The molecule has 5 saturated heterocycles. The molecular formula is C90H110N12O28. The zero-order valence-corrected chi connectivity index (χ0v) is 73.1. The Morgan fingerprint density at radius 3 is 1.39 bits per heavy atom. The number of amides is 1. The lowest BCUT2D eigenvalue weighted by atomic mass is 9.72. The fraction of sp³-hybridized carbons (Fsp3) is 0.522. The lowest BCUT2D eigenvalue weighted by Crippen LogP contribution is -2.49. The highest BCUT2D eigenvalue weighted by Gasteiger charge is 2.53. The van der Waals surface area contributed by atoms with E-state index >= 15 is 0 Å². The maximum Gasteiger partial charge on any atom is 0.351 e. The predicted molar refractivity (Wildman–Crippen MR) is 459 cm³/mol. The second-order valence-corrected chi connectivity index (χ2v) is 34.7. The van der Waals surface area contributed by atoms with Crippen LogP contribution in [0.15, 0.2) is 88.2 Å². The molecular weight excluding hydrogens is 1700 g/mol. The van der Waals surface area contributed by atoms with Crippen LogP contribution in [0, 0.1) is 11.8 Å². The molecule has 7 aromatic rings. The van der Waals surface area contributed by atoms with Gasteiger partial charge in [0.15, 0.2) is 53.5 Å². The highest BCUT2D eigenvalue weighted by Crippen LogP contribution is 2.55. The molecule has 698 valence electrons. The fourth-order valence-corrected chi connectivity index (χ4v) is 18.3. The molecule has 10 heterocycles. The van der Waals surface area contributed by atoms with Gasteiger partial charge in [0.25, 0.3) is 0 Å². The van der Waals surface area contributed by atoms with E-state index in [0.29, 0.717) is 68.2 Å². The van der Waals surface area contributed by atoms with Gasteiger partial charge in [0.1, 0.15) is 99.9 Å². The maximum atomic E-state index is 13.4. The molecule has 5 fully saturated rings. The van der Waals surface area contributed by atoms with Crippen molar-refractivity contribution < 1.29 is 133 Å². The number of ketones is 6. The average Bonchev–Trinajstić information content (AvgIpc) is 0.885. The molecule has 18 N–H and O–H groups in total. The maximum absolute atomic E-state index is 13.4. The van der Waals surface area contributed by atoms with Crippen molar-refractivity contribution in [3.8, 4) is 23.0 Å². The quantitative estimate of drug-likeness (QED) is 0.0695. The van der Waals surface area contributed by atoms with Crippen LogP contribution in [-0.4, -0.2) is 252 Å². The number of Topliss-reactive ketones (excluding diaryl/α,β-unsaturated/α-hetero) is 2. The summed E-state index contributed by atoms with van der Waals surface area (Å²) in [6.45, 7) is 17.7. The summed E-state index contributed by atoms with van der Waals surface area (Å²) in [7, 11) is 0. The number of hydrogen-bond donors (Lipinski definition) is 17. The molecule has 24 atom stereocenters. The topological polar surface area (TPSA) is 604 Å². The Bertz CT molecular complexity index is 5410. The number of aliphatic imine (C=N–C) groups is 2. The van der Waals surface area contributed by atoms with Crippen molar-refractivity contribution in [2.24, 2.45) is 27.6 Å². The molecule has 4 aliphatic carbocycles. The smallest absolute Gasteiger partial charge is 0.351 e. The minimum atomic E-state index is -1.94. The Kier molecular flexibility index (Phi) is 28.2. The van der Waals surface area contributed by atoms with Crippen LogP contribution in [0.25, 0.3) is 0 Å². The minimum absolute atomic E-state index is 0.0118. The number of hydrogen-bond acceptors (Lipinski definition) is 36. The third-order valence-electron chi connectivity index (χ3n) is 26.2. The number of carbonyl (C=O) groups excluding carboxylic acids is 7. The highest BCUT2D eigenvalue weighted by atomic mass is 16.7. The van der Waals surface area contributed by atoms with Crippen LogP contribution in [0.4, 0.5) is 17.5 Å². The van der Waals surface area contributed by atoms with Gasteiger partial charge in [-0.3, -0.25) is 57.2 Å². The van der Waals surface area contributed by atoms with Crippen molar-refractivity contribution in [2.45, 2.75) is 274 Å². The second kappa shape index (κ2) is 38.5. The number of nitrogens with zero attached hydrogens (tertiary/aromatic N) is 8. The van der Waals surface area contributed by atoms with E-state index < -0.39 is 161 Å². The first-order valence-corrected chi connectivity index (χ1v) is 43.4. The first-order valence-electron chi connectivity index (χ1n) is 43.4. The van der Waals surface area contributed by atoms with Gasteiger partial charge in [0.2, 0.25) is 5.91 Å². The Morgan fingerprint density at radius 1 is 0.538 bits per heavy atom. The number of benzene rings is 4. The van der Waals surface area contributed by atoms with Crippen LogP contribution in [0.5, 0.6) is 23.0 Å². The number of phenols is 4. The number of aromatic hydroxyl groups is 4. The van der Waals surface area contributed by atoms with Crippen molar-refractivity contribution in [3.05, 3.63) is 162 Å². The number of nitrogens with one attached hydrogen (secondary N) is 3. The van der Waals surface area contributed by atoms with E-state index in [1.807, 2.05) is 46.1 Å². The second-order valence-electron chi connectivity index (χ2n) is 34.7. The number of ether oxygens (including phenoxy) is 7. The van der Waals surface area contributed by atoms with Crippen molar-refractivity contribution >= 4 is 70.7 Å². The van der Waals surface area contributed by atoms with Gasteiger partial charge in [-0.05, 0) is 65.4 Å². The summed E-state index contributed by atoms with van der Waals surface area (Å²) >= 11 is 0. The Labute approximate surface area is 744 Å². The number of imidazole rings is 2. The normalized spacial score (nSPS) is 31.8. The third-order valence-corrected chi connectivity index (χ3v) is 26.2. The number of aliphatic hydroxyl groups is 9. The number of phenolic OH excluding ortho intramolecular Hbond substituents is 4. The fourth-order valence-electron chi connectivity index (χ4n) is 18.3. The van der Waals surface area contributed by atoms with Gasteiger partial charge in [0, 0.05) is 115 Å². The summed E-state index contributed by atoms with van der Waals surface area (Å²) in [6.07, 6.45) is -2.65. The summed E-state index contributed by atoms with van der Waals surface area (Å²) in [5, 5.41) is 146. The minimum Gasteiger partial charge on any atom is -0.507 e. The predicted octanol–water partition coefficient (Wildman–Crippen LogP) is 4.71. The lowest BCUT2D eigenvalue weighted by molar-refractivity contribution is -0.255. The van der Waals surface area contributed by atoms with Crippen molar-refractivity contribution in [1.82, 2.24) is 28.7 Å². The zero-order valence-electron chi connectivity index (χ0n) is 73.1. The number of anilines is 3. The number of aromatic nitrogens is 6. The molecule has 0 radical (unpaired) electrons. The van der Waals surface area contributed by atoms with E-state index in [-0.39, 0.29) is 159 Å². The number of fused-ring (bicyclic) bond motifs is 8. The molecule has 0 unspecified atom stereocenters. The molecule has 0 spiro atoms. The summed E-state index contributed by atoms with van der Waals surface area (Å²) in [6, 6.07) is 13.5. The molecule has 0 saturated carbocycles. The van der Waals surface area contributed by atoms with Crippen LogP contribution >= 0.6 is 0 Å². The van der Waals surface area contributed by atoms with E-state index in [1.165, 1.54) is 50.4 Å². The molecule has 4 aromatic carbocycles. The van der Waals surface area contributed by atoms with E-state index in [0.717, 1.165) is 11.0 Å². The Hall–Kier alpha value is -10.9. The summed E-state index contributed by atoms with van der Waals surface area (Å²) < 4.78 is 45.7. The van der Waals surface area contributed by atoms with Gasteiger partial charge < -0.3 is 121 Å². The first kappa shape index (κ1) is 95.2. The van der Waals surface area contributed by atoms with E-state index in [1.54, 1.807) is 68.0 Å². The lowest BCUT2D eigenvalue weighted by Gasteiger charge is -2.42. The molecule has 11 aliphatic rings. The standard InChI is InChI=1S/C27H29NO8.C27H28O9.C13H19N3O5.C12H18N4O3.C11H16N4O3/c1-11-12(2)35-19(8-17(11)28)36-18-10-27(34,13(3)29)9-16-20(18)26(33)22-21(25(16)32)23(30)14-6-4-5-7-15(14)24(22)31;1-11-8-18(35-12(2)22(11)29)36-17-10-27(34,13(3)28)9-16-19(17)26(33)21-20(25(16)32)23(30)14-6-4-5-7-15(14)24(21)31;1-3-7-10(18)11(19)12(21-7)16-6-5-8(15-13(16)20)14-9(17)4-2;1-2-9-7(17)3-10(19-9)16-6-15-11-8(18)4-13-5-14-12(11)16;1-6-7(16)2-9(18-6)15-5-14-10-8(17)3-12-4-13-11(10)15/h4-7,11-12,17-19,32-34H,8-10,28H2,1-3H3;4-7,11-12,17-18,22,29,32-34H,8-10H2,1-3H3;5-7,10-12,18-19H,3-4H2,1-2H3,(H,14,15,17,20);5-10,17-18H,2-4H2,1H3,(H,13,14);4-9,16-17H,2-3H2,1H3,(H,12,13)/t11-,12+,17+,18+,19+,27+;11-,12-,17-,18-,22-,27-;7-,10-,11+,12-;7-,8+,9+,10+;6-,7+,8-,9-/m10101/s1. The van der Waals surface area contributed by atoms with Crippen molar-refractivity contribution in [2.75, 3.05) is 29.0 Å². The molecule has 40 nitrogen and oxygen atoms in total. The number of aliphatic hydroxyl groups excluding tert-OH is 7. The third kappa shape index (κ3) is 18.3. The Morgan fingerprint density at radius 2 is 0.985 bits per heavy atom. The monoisotopic (exact) mass is 1810 g/mol. The van der Waals surface area contributed by atoms with E-state index in [2.05, 4.69) is 40.9 Å². The molecule has 3 aromatic heterocycles. The zero-order chi connectivity index (χ0) is 93.9. The summed E-state index contributed by atoms with van der Waals surface area (Å²) in [5.74, 6) is -4.65. The number of carbonyl (C=O) groups is 7. The molecule has 1 amide bonds. The molecule has 18 rings (SSSR count). The van der Waals surface area contributed by atoms with Crippen LogP contribution < -0.4 is 27.4 Å². The van der Waals surface area contributed by atoms with Gasteiger partial charge >= 0.3 is 5.69 Å². The van der Waals surface area contributed by atoms with Gasteiger partial charge in [-0.15, -0.1) is 0 Å². The summed E-state index contributed by atoms with van der Waals surface area (Å²) in [4.78, 5) is 122. The van der Waals surface area contributed by atoms with Crippen molar-refractivity contribution in [3.63, 3.8) is 0 Å². The van der Waals surface area contributed by atoms with Crippen LogP contribution in [-0.2, 0) is 60.4 Å². The van der Waals surface area contributed by atoms with Crippen molar-refractivity contribution in [1.29, 1.82) is 0 Å². The largest absolute Gasteiger partial charge is 0.507 e. The van der Waals surface area contributed by atoms with Gasteiger partial charge in [-0.2, -0.15) is 4.98 Å². The van der Waals surface area contributed by atoms with Gasteiger partial charge in [-0.25, -0.2) is 14.8 Å². The molecule has 7 aliphatic heterocycles. The molecule has 0 bridgehead atoms. The Balaban J connectivity index is 0.000000135. The molecule has 40 heteroatoms. The summed E-state index contributed by atoms with van der Waals surface area (Å²) in [5.41, 5.74) is 1.93. The first-order chi connectivity index (χ1) is 61.7. The van der Waals surface area contributed by atoms with Gasteiger partial charge in [0.05, 0.1) is 122 Å². The number of nitrogens with two attached hydrogens (primary N) is 1. The van der Waals surface area contributed by atoms with Crippen LogP contribution in [0.1, 0.15) is 267 Å². The average molecular weight is 1810 g/mol. The van der Waals surface area contributed by atoms with Crippen LogP contribution in [0.3, 0.4) is 0 Å². The van der Waals surface area contributed by atoms with Crippen LogP contribution in [0.2, 0.25) is 0 Å². The van der Waals surface area contributed by atoms with Gasteiger partial charge in [-0.1, -0.05) is 83.1 Å². The molecule has 130 heavy (non-hydrogen) atoms. The van der Waals surface area contributed by atoms with E-state index in [4.69, 9.17) is 38.9 Å². The van der Waals surface area contributed by atoms with E-state index in [9.17, 15) is 105 Å². The SMILES string of the molecule is CC(=O)[C@]1(O)Cc2c(O)c3c(c(O)c2[C@@H](O[C@H]2C[C@H](C)[C@H](O)[C@H](C)O2)C1)C(=O)c1ccccc1C3=O.CC(=O)[C@]1(O)Cc2c(O)c3c(c(O)c2[C@@H](O[C@H]2C[C@H](N)[C@H](C)[C@H](C)O2)C1)C(=O)c1ccccc1C3=O.CCC(=O)Nc1ccn([C@@H]2O[C@H](CC)[C@@H](O)[C@@H]2O)c(=O)n1.CC[C@H]1O[C@@H](n2cnc3c2NC=NC[C@H]3O)C[C@@H]1O.C[C@H]1O[C@@H](n2cnc3c2NC=NC[C@H]3O)C[C@@H]1O. The number of rotatable bonds is 13. The highest BCUT2D eigenvalue weighted by molar-refractivity contribution is 6.31.